The van der Waals surface area contributed by atoms with Crippen LogP contribution in [0.3, 0.4) is 0 Å². The Morgan fingerprint density at radius 3 is 2.48 bits per heavy atom. The van der Waals surface area contributed by atoms with Gasteiger partial charge in [-0.1, -0.05) is 47.9 Å². The summed E-state index contributed by atoms with van der Waals surface area (Å²) in [6.07, 6.45) is 6.96. The number of halogens is 1. The molecule has 3 aliphatic rings. The number of Topliss-reactive ketones (excluding diaryl/α,β-unsaturated/α-hetero) is 1. The second kappa shape index (κ2) is 7.55. The number of amides is 1. The van der Waals surface area contributed by atoms with Gasteiger partial charge in [0.25, 0.3) is 0 Å². The topological polar surface area (TPSA) is 90.4 Å². The zero-order valence-corrected chi connectivity index (χ0v) is 18.4. The van der Waals surface area contributed by atoms with Gasteiger partial charge in [0.1, 0.15) is 17.3 Å². The summed E-state index contributed by atoms with van der Waals surface area (Å²) in [7, 11) is 0. The van der Waals surface area contributed by atoms with Crippen molar-refractivity contribution < 1.29 is 9.59 Å². The van der Waals surface area contributed by atoms with Crippen LogP contribution in [0.25, 0.3) is 0 Å². The molecule has 1 spiro atoms. The number of nitrogens with two attached hydrogens (primary N) is 1. The number of carbonyl (C=O) groups is 2. The zero-order chi connectivity index (χ0) is 23.3. The number of ketones is 1. The van der Waals surface area contributed by atoms with Crippen LogP contribution in [-0.2, 0) is 15.0 Å². The minimum Gasteiger partial charge on any atom is -0.384 e. The average Bonchev–Trinajstić information content (AvgIpc) is 3.05. The average molecular weight is 455 g/mol. The summed E-state index contributed by atoms with van der Waals surface area (Å²) in [5.74, 6) is 2.00. The largest absolute Gasteiger partial charge is 0.384 e. The highest BCUT2D eigenvalue weighted by Crippen LogP contribution is 2.57. The Hall–Kier alpha value is -4.00. The van der Waals surface area contributed by atoms with E-state index < -0.39 is 11.3 Å². The summed E-state index contributed by atoms with van der Waals surface area (Å²) in [4.78, 5) is 30.8. The molecule has 2 heterocycles. The number of anilines is 2. The fraction of sp³-hybridized carbons (Fsp3) is 0.192. The molecule has 0 saturated heterocycles. The summed E-state index contributed by atoms with van der Waals surface area (Å²) >= 11 is 6.50. The third kappa shape index (κ3) is 2.62. The van der Waals surface area contributed by atoms with Crippen molar-refractivity contribution in [3.8, 4) is 18.4 Å². The van der Waals surface area contributed by atoms with Crippen molar-refractivity contribution in [1.29, 1.82) is 5.26 Å². The number of nitriles is 1. The van der Waals surface area contributed by atoms with Crippen molar-refractivity contribution in [3.63, 3.8) is 0 Å². The molecule has 2 aliphatic heterocycles. The Bertz CT molecular complexity index is 1380. The molecule has 1 aliphatic carbocycles. The van der Waals surface area contributed by atoms with Gasteiger partial charge in [0.05, 0.1) is 22.8 Å². The van der Waals surface area contributed by atoms with E-state index in [0.717, 1.165) is 0 Å². The zero-order valence-electron chi connectivity index (χ0n) is 17.6. The number of fused-ring (bicyclic) bond motifs is 3. The molecule has 5 rings (SSSR count). The van der Waals surface area contributed by atoms with Crippen LogP contribution in [0.1, 0.15) is 24.8 Å². The molecule has 0 bridgehead atoms. The van der Waals surface area contributed by atoms with E-state index in [1.165, 1.54) is 4.90 Å². The molecule has 0 saturated carbocycles. The Morgan fingerprint density at radius 1 is 1.09 bits per heavy atom. The van der Waals surface area contributed by atoms with Gasteiger partial charge in [0.2, 0.25) is 5.91 Å². The van der Waals surface area contributed by atoms with Crippen LogP contribution in [-0.4, -0.2) is 18.2 Å². The van der Waals surface area contributed by atoms with Crippen LogP contribution < -0.4 is 15.5 Å². The summed E-state index contributed by atoms with van der Waals surface area (Å²) in [5, 5.41) is 10.8. The van der Waals surface area contributed by atoms with Crippen molar-refractivity contribution in [1.82, 2.24) is 0 Å². The number of terminal acetylenes is 1. The maximum atomic E-state index is 14.1. The Balaban J connectivity index is 1.91. The molecule has 0 fully saturated rings. The molecule has 1 atom stereocenters. The SMILES string of the molecule is C#CCN1C(=O)[C@@]2(C(C#N)=C(N)N(c3ccccc3Cl)C3=C2C(=O)CCC3)c2ccccc21. The summed E-state index contributed by atoms with van der Waals surface area (Å²) in [6, 6.07) is 16.4. The minimum atomic E-state index is -1.63. The second-order valence-corrected chi connectivity index (χ2v) is 8.53. The van der Waals surface area contributed by atoms with Crippen molar-refractivity contribution in [3.05, 3.63) is 81.8 Å². The lowest BCUT2D eigenvalue weighted by Crippen LogP contribution is -2.52. The molecule has 2 aromatic rings. The van der Waals surface area contributed by atoms with Gasteiger partial charge >= 0.3 is 0 Å². The molecular formula is C26H19ClN4O2. The highest BCUT2D eigenvalue weighted by atomic mass is 35.5. The number of hydrogen-bond donors (Lipinski definition) is 1. The molecule has 2 N–H and O–H groups in total. The standard InChI is InChI=1S/C26H19ClN4O2/c1-2-14-30-19-10-5-3-8-16(19)26(25(30)33)17(15-28)24(29)31(20-11-6-4-9-18(20)27)21-12-7-13-22(32)23(21)26/h1,3-6,8-11H,7,12-14,29H2/t26-/m1/s1. The summed E-state index contributed by atoms with van der Waals surface area (Å²) in [6.45, 7) is 0.0151. The number of nitrogens with zero attached hydrogens (tertiary/aromatic N) is 3. The van der Waals surface area contributed by atoms with Gasteiger partial charge in [0.15, 0.2) is 5.78 Å². The van der Waals surface area contributed by atoms with Crippen molar-refractivity contribution in [2.24, 2.45) is 5.73 Å². The lowest BCUT2D eigenvalue weighted by atomic mass is 9.64. The van der Waals surface area contributed by atoms with Gasteiger partial charge in [-0.25, -0.2) is 0 Å². The quantitative estimate of drug-likeness (QED) is 0.697. The van der Waals surface area contributed by atoms with Gasteiger partial charge in [-0.15, -0.1) is 6.42 Å². The third-order valence-electron chi connectivity index (χ3n) is 6.52. The highest BCUT2D eigenvalue weighted by molar-refractivity contribution is 6.33. The van der Waals surface area contributed by atoms with E-state index in [9.17, 15) is 14.9 Å². The first-order valence-electron chi connectivity index (χ1n) is 10.5. The molecule has 162 valence electrons. The number of benzene rings is 2. The fourth-order valence-corrected chi connectivity index (χ4v) is 5.51. The van der Waals surface area contributed by atoms with Gasteiger partial charge in [-0.2, -0.15) is 5.26 Å². The molecule has 6 nitrogen and oxygen atoms in total. The fourth-order valence-electron chi connectivity index (χ4n) is 5.28. The molecule has 2 aromatic carbocycles. The van der Waals surface area contributed by atoms with Crippen LogP contribution in [0.2, 0.25) is 5.02 Å². The first kappa shape index (κ1) is 20.9. The third-order valence-corrected chi connectivity index (χ3v) is 6.84. The lowest BCUT2D eigenvalue weighted by molar-refractivity contribution is -0.124. The van der Waals surface area contributed by atoms with Crippen molar-refractivity contribution >= 4 is 34.7 Å². The van der Waals surface area contributed by atoms with Crippen LogP contribution in [0.15, 0.2) is 71.2 Å². The van der Waals surface area contributed by atoms with E-state index in [2.05, 4.69) is 12.0 Å². The smallest absolute Gasteiger partial charge is 0.248 e. The molecule has 33 heavy (non-hydrogen) atoms. The number of hydrogen-bond acceptors (Lipinski definition) is 5. The van der Waals surface area contributed by atoms with E-state index in [1.807, 2.05) is 0 Å². The molecule has 0 aromatic heterocycles. The normalized spacial score (nSPS) is 21.8. The number of rotatable bonds is 2. The van der Waals surface area contributed by atoms with Gasteiger partial charge in [-0.3, -0.25) is 19.4 Å². The van der Waals surface area contributed by atoms with E-state index in [4.69, 9.17) is 23.8 Å². The van der Waals surface area contributed by atoms with Gasteiger partial charge in [0, 0.05) is 28.9 Å². The minimum absolute atomic E-state index is 0.00777. The van der Waals surface area contributed by atoms with E-state index in [-0.39, 0.29) is 35.7 Å². The van der Waals surface area contributed by atoms with Crippen LogP contribution in [0, 0.1) is 23.7 Å². The first-order valence-corrected chi connectivity index (χ1v) is 10.9. The van der Waals surface area contributed by atoms with Crippen molar-refractivity contribution in [2.75, 3.05) is 16.3 Å². The Labute approximate surface area is 196 Å². The van der Waals surface area contributed by atoms with E-state index in [1.54, 1.807) is 53.4 Å². The first-order chi connectivity index (χ1) is 16.0. The highest BCUT2D eigenvalue weighted by Gasteiger charge is 2.62. The maximum absolute atomic E-state index is 14.1. The second-order valence-electron chi connectivity index (χ2n) is 8.12. The van der Waals surface area contributed by atoms with Crippen molar-refractivity contribution in [2.45, 2.75) is 24.7 Å². The summed E-state index contributed by atoms with van der Waals surface area (Å²) in [5.41, 5.74) is 7.60. The van der Waals surface area contributed by atoms with Crippen LogP contribution in [0.4, 0.5) is 11.4 Å². The monoisotopic (exact) mass is 454 g/mol. The number of carbonyl (C=O) groups excluding carboxylic acids is 2. The molecule has 7 heteroatoms. The Kier molecular flexibility index (Phi) is 4.78. The van der Waals surface area contributed by atoms with Crippen LogP contribution in [0.5, 0.6) is 0 Å². The molecular weight excluding hydrogens is 436 g/mol. The lowest BCUT2D eigenvalue weighted by Gasteiger charge is -2.44. The molecule has 0 radical (unpaired) electrons. The maximum Gasteiger partial charge on any atom is 0.248 e. The predicted octanol–water partition coefficient (Wildman–Crippen LogP) is 3.78. The van der Waals surface area contributed by atoms with Gasteiger partial charge in [-0.05, 0) is 31.0 Å². The number of para-hydroxylation sites is 2. The summed E-state index contributed by atoms with van der Waals surface area (Å²) < 4.78 is 0. The van der Waals surface area contributed by atoms with E-state index in [0.29, 0.717) is 40.5 Å². The number of allylic oxidation sites excluding steroid dienone is 1. The van der Waals surface area contributed by atoms with Gasteiger partial charge < -0.3 is 5.73 Å². The molecule has 1 amide bonds. The Morgan fingerprint density at radius 2 is 1.79 bits per heavy atom. The molecule has 0 unspecified atom stereocenters. The predicted molar refractivity (Wildman–Crippen MR) is 126 cm³/mol. The van der Waals surface area contributed by atoms with Crippen LogP contribution >= 0.6 is 11.6 Å². The van der Waals surface area contributed by atoms with E-state index >= 15 is 0 Å².